The highest BCUT2D eigenvalue weighted by Gasteiger charge is 2.22. The van der Waals surface area contributed by atoms with Crippen LogP contribution in [0.3, 0.4) is 0 Å². The van der Waals surface area contributed by atoms with E-state index in [1.165, 1.54) is 0 Å². The van der Waals surface area contributed by atoms with E-state index in [0.717, 1.165) is 10.7 Å². The lowest BCUT2D eigenvalue weighted by atomic mass is 9.98. The van der Waals surface area contributed by atoms with Gasteiger partial charge in [0.05, 0.1) is 16.4 Å². The maximum Gasteiger partial charge on any atom is 0.138 e. The molecule has 0 aromatic carbocycles. The first-order valence-electron chi connectivity index (χ1n) is 5.51. The molecule has 0 aliphatic carbocycles. The summed E-state index contributed by atoms with van der Waals surface area (Å²) in [6.45, 7) is 6.35. The fourth-order valence-electron chi connectivity index (χ4n) is 1.56. The summed E-state index contributed by atoms with van der Waals surface area (Å²) in [5, 5.41) is 17.2. The van der Waals surface area contributed by atoms with Gasteiger partial charge in [-0.1, -0.05) is 20.8 Å². The van der Waals surface area contributed by atoms with Crippen LogP contribution < -0.4 is 0 Å². The lowest BCUT2D eigenvalue weighted by molar-refractivity contribution is 0.205. The Hall–Kier alpha value is -1.20. The van der Waals surface area contributed by atoms with Gasteiger partial charge < -0.3 is 5.11 Å². The van der Waals surface area contributed by atoms with Crippen molar-refractivity contribution in [1.29, 1.82) is 0 Å². The molecule has 0 aliphatic heterocycles. The zero-order chi connectivity index (χ0) is 12.6. The van der Waals surface area contributed by atoms with Crippen LogP contribution in [-0.2, 0) is 12.5 Å². The maximum absolute atomic E-state index is 10.2. The van der Waals surface area contributed by atoms with Gasteiger partial charge in [0.2, 0.25) is 0 Å². The van der Waals surface area contributed by atoms with E-state index in [4.69, 9.17) is 0 Å². The second-order valence-electron chi connectivity index (χ2n) is 5.11. The normalized spacial score (nSPS) is 13.9. The summed E-state index contributed by atoms with van der Waals surface area (Å²) in [5.41, 5.74) is 1.48. The number of hydrogen-bond acceptors (Lipinski definition) is 4. The number of hydrogen-bond donors (Lipinski definition) is 1. The fourth-order valence-corrected chi connectivity index (χ4v) is 2.49. The lowest BCUT2D eigenvalue weighted by Crippen LogP contribution is -2.12. The van der Waals surface area contributed by atoms with Gasteiger partial charge in [-0.05, 0) is 6.07 Å². The topological polar surface area (TPSA) is 50.9 Å². The van der Waals surface area contributed by atoms with Crippen molar-refractivity contribution in [2.45, 2.75) is 32.3 Å². The summed E-state index contributed by atoms with van der Waals surface area (Å²) in [6.07, 6.45) is 0.977. The van der Waals surface area contributed by atoms with Crippen LogP contribution >= 0.6 is 11.3 Å². The summed E-state index contributed by atoms with van der Waals surface area (Å²) >= 11 is 1.59. The molecule has 0 fully saturated rings. The highest BCUT2D eigenvalue weighted by atomic mass is 32.1. The number of aliphatic hydroxyl groups excluding tert-OH is 1. The Balaban J connectivity index is 2.30. The highest BCUT2D eigenvalue weighted by molar-refractivity contribution is 7.09. The standard InChI is InChI=1S/C12H17N3OS/c1-12(2,3)11-14-8(7-17-11)10(16)9-5-6-13-15(9)4/h5-7,10,16H,1-4H3. The molecular formula is C12H17N3OS. The first-order chi connectivity index (χ1) is 7.89. The van der Waals surface area contributed by atoms with Crippen LogP contribution in [0.5, 0.6) is 0 Å². The number of aromatic nitrogens is 3. The molecule has 0 bridgehead atoms. The van der Waals surface area contributed by atoms with Crippen molar-refractivity contribution >= 4 is 11.3 Å². The Bertz CT molecular complexity index is 510. The lowest BCUT2D eigenvalue weighted by Gasteiger charge is -2.14. The van der Waals surface area contributed by atoms with Crippen LogP contribution in [0.4, 0.5) is 0 Å². The van der Waals surface area contributed by atoms with Gasteiger partial charge in [0, 0.05) is 24.0 Å². The average Bonchev–Trinajstić information content (AvgIpc) is 2.83. The van der Waals surface area contributed by atoms with Crippen molar-refractivity contribution in [3.63, 3.8) is 0 Å². The molecule has 0 spiro atoms. The molecule has 17 heavy (non-hydrogen) atoms. The second kappa shape index (κ2) is 4.23. The molecule has 4 nitrogen and oxygen atoms in total. The molecule has 1 unspecified atom stereocenters. The maximum atomic E-state index is 10.2. The number of nitrogens with zero attached hydrogens (tertiary/aromatic N) is 3. The van der Waals surface area contributed by atoms with Gasteiger partial charge in [-0.15, -0.1) is 11.3 Å². The molecule has 2 aromatic rings. The van der Waals surface area contributed by atoms with Gasteiger partial charge in [-0.25, -0.2) is 4.98 Å². The zero-order valence-corrected chi connectivity index (χ0v) is 11.3. The first kappa shape index (κ1) is 12.3. The van der Waals surface area contributed by atoms with E-state index >= 15 is 0 Å². The SMILES string of the molecule is Cn1nccc1C(O)c1csc(C(C)(C)C)n1. The fraction of sp³-hybridized carbons (Fsp3) is 0.500. The van der Waals surface area contributed by atoms with Gasteiger partial charge >= 0.3 is 0 Å². The molecule has 0 aliphatic rings. The third-order valence-electron chi connectivity index (χ3n) is 2.58. The third-order valence-corrected chi connectivity index (χ3v) is 3.87. The molecule has 0 amide bonds. The number of aliphatic hydroxyl groups is 1. The summed E-state index contributed by atoms with van der Waals surface area (Å²) in [6, 6.07) is 1.81. The van der Waals surface area contributed by atoms with E-state index < -0.39 is 6.10 Å². The quantitative estimate of drug-likeness (QED) is 0.890. The molecule has 92 valence electrons. The van der Waals surface area contributed by atoms with Gasteiger partial charge in [-0.2, -0.15) is 5.10 Å². The largest absolute Gasteiger partial charge is 0.380 e. The minimum Gasteiger partial charge on any atom is -0.380 e. The van der Waals surface area contributed by atoms with Crippen molar-refractivity contribution in [3.8, 4) is 0 Å². The van der Waals surface area contributed by atoms with E-state index in [1.807, 2.05) is 12.4 Å². The van der Waals surface area contributed by atoms with E-state index in [9.17, 15) is 5.11 Å². The van der Waals surface area contributed by atoms with Crippen LogP contribution in [-0.4, -0.2) is 19.9 Å². The van der Waals surface area contributed by atoms with E-state index in [0.29, 0.717) is 5.69 Å². The van der Waals surface area contributed by atoms with Crippen LogP contribution in [0.1, 0.15) is 43.3 Å². The summed E-state index contributed by atoms with van der Waals surface area (Å²) in [4.78, 5) is 4.51. The summed E-state index contributed by atoms with van der Waals surface area (Å²) < 4.78 is 1.67. The Morgan fingerprint density at radius 2 is 2.12 bits per heavy atom. The van der Waals surface area contributed by atoms with Crippen LogP contribution in [0.15, 0.2) is 17.6 Å². The number of aryl methyl sites for hydroxylation is 1. The smallest absolute Gasteiger partial charge is 0.138 e. The minimum atomic E-state index is -0.699. The predicted molar refractivity (Wildman–Crippen MR) is 68.1 cm³/mol. The van der Waals surface area contributed by atoms with Crippen molar-refractivity contribution < 1.29 is 5.11 Å². The number of thiazole rings is 1. The van der Waals surface area contributed by atoms with Crippen molar-refractivity contribution in [2.75, 3.05) is 0 Å². The van der Waals surface area contributed by atoms with E-state index in [2.05, 4.69) is 30.9 Å². The molecule has 5 heteroatoms. The molecular weight excluding hydrogens is 234 g/mol. The van der Waals surface area contributed by atoms with Crippen molar-refractivity contribution in [3.05, 3.63) is 34.0 Å². The molecule has 2 aromatic heterocycles. The Labute approximate surface area is 105 Å². The van der Waals surface area contributed by atoms with Crippen LogP contribution in [0.2, 0.25) is 0 Å². The average molecular weight is 251 g/mol. The third kappa shape index (κ3) is 2.40. The van der Waals surface area contributed by atoms with Gasteiger partial charge in [0.1, 0.15) is 6.10 Å². The summed E-state index contributed by atoms with van der Waals surface area (Å²) in [7, 11) is 1.82. The van der Waals surface area contributed by atoms with Crippen molar-refractivity contribution in [1.82, 2.24) is 14.8 Å². The van der Waals surface area contributed by atoms with Gasteiger partial charge in [0.25, 0.3) is 0 Å². The minimum absolute atomic E-state index is 0.0229. The Kier molecular flexibility index (Phi) is 3.05. The van der Waals surface area contributed by atoms with E-state index in [-0.39, 0.29) is 5.41 Å². The number of rotatable bonds is 2. The molecule has 2 rings (SSSR count). The van der Waals surface area contributed by atoms with Crippen molar-refractivity contribution in [2.24, 2.45) is 7.05 Å². The molecule has 1 atom stereocenters. The second-order valence-corrected chi connectivity index (χ2v) is 5.97. The van der Waals surface area contributed by atoms with Crippen LogP contribution in [0, 0.1) is 0 Å². The highest BCUT2D eigenvalue weighted by Crippen LogP contribution is 2.29. The molecule has 2 heterocycles. The first-order valence-corrected chi connectivity index (χ1v) is 6.39. The van der Waals surface area contributed by atoms with Gasteiger partial charge in [-0.3, -0.25) is 4.68 Å². The monoisotopic (exact) mass is 251 g/mol. The summed E-state index contributed by atoms with van der Waals surface area (Å²) in [5.74, 6) is 0. The predicted octanol–water partition coefficient (Wildman–Crippen LogP) is 2.26. The zero-order valence-electron chi connectivity index (χ0n) is 10.5. The molecule has 1 N–H and O–H groups in total. The van der Waals surface area contributed by atoms with Gasteiger partial charge in [0.15, 0.2) is 0 Å². The van der Waals surface area contributed by atoms with Crippen LogP contribution in [0.25, 0.3) is 0 Å². The molecule has 0 saturated heterocycles. The molecule has 0 radical (unpaired) electrons. The Morgan fingerprint density at radius 3 is 2.59 bits per heavy atom. The Morgan fingerprint density at radius 1 is 1.41 bits per heavy atom. The van der Waals surface area contributed by atoms with E-state index in [1.54, 1.807) is 28.3 Å². The molecule has 0 saturated carbocycles.